The van der Waals surface area contributed by atoms with E-state index in [1.54, 1.807) is 26.4 Å². The number of sulfonamides is 1. The van der Waals surface area contributed by atoms with Crippen LogP contribution in [0.5, 0.6) is 11.5 Å². The molecule has 0 bridgehead atoms. The molecule has 0 aliphatic heterocycles. The number of ether oxygens (including phenoxy) is 2. The molecule has 194 valence electrons. The quantitative estimate of drug-likeness (QED) is 0.290. The molecule has 2 N–H and O–H groups in total. The maximum Gasteiger partial charge on any atom is 0.271 e. The summed E-state index contributed by atoms with van der Waals surface area (Å²) in [5.41, 5.74) is 2.33. The number of hydrogen-bond acceptors (Lipinski definition) is 6. The molecule has 0 radical (unpaired) electrons. The normalized spacial score (nSPS) is 15.4. The monoisotopic (exact) mass is 528 g/mol. The highest BCUT2D eigenvalue weighted by Crippen LogP contribution is 2.39. The van der Waals surface area contributed by atoms with Crippen LogP contribution in [0.2, 0.25) is 0 Å². The van der Waals surface area contributed by atoms with E-state index in [9.17, 15) is 8.42 Å². The SMILES string of the molecule is COc1ccc(OC)c(-c2ccc(S(=O)(=O)Nc3ccccc3CN[C@@H](C)CC3CCCCC3)s2)c1. The Morgan fingerprint density at radius 2 is 1.78 bits per heavy atom. The summed E-state index contributed by atoms with van der Waals surface area (Å²) in [4.78, 5) is 0.789. The van der Waals surface area contributed by atoms with Gasteiger partial charge in [0.2, 0.25) is 0 Å². The summed E-state index contributed by atoms with van der Waals surface area (Å²) in [6.07, 6.45) is 7.87. The predicted molar refractivity (Wildman–Crippen MR) is 148 cm³/mol. The second-order valence-electron chi connectivity index (χ2n) is 9.47. The van der Waals surface area contributed by atoms with Crippen molar-refractivity contribution in [1.29, 1.82) is 0 Å². The Labute approximate surface area is 219 Å². The molecule has 0 amide bonds. The first kappa shape index (κ1) is 26.5. The van der Waals surface area contributed by atoms with Gasteiger partial charge in [-0.1, -0.05) is 50.3 Å². The summed E-state index contributed by atoms with van der Waals surface area (Å²) in [6.45, 7) is 2.84. The Kier molecular flexibility index (Phi) is 8.93. The van der Waals surface area contributed by atoms with Crippen molar-refractivity contribution in [2.45, 2.75) is 62.2 Å². The molecule has 3 aromatic rings. The standard InChI is InChI=1S/C28H36N2O4S2/c1-20(17-21-9-5-4-6-10-21)29-19-22-11-7-8-12-25(22)30-36(31,32)28-16-15-27(35-28)24-18-23(33-2)13-14-26(24)34-3/h7-8,11-16,18,20-21,29-30H,4-6,9-10,17,19H2,1-3H3/t20-/m0/s1. The molecule has 6 nitrogen and oxygen atoms in total. The van der Waals surface area contributed by atoms with Gasteiger partial charge in [0.05, 0.1) is 19.9 Å². The van der Waals surface area contributed by atoms with Crippen LogP contribution in [-0.4, -0.2) is 28.7 Å². The van der Waals surface area contributed by atoms with Gasteiger partial charge in [-0.05, 0) is 61.2 Å². The van der Waals surface area contributed by atoms with Crippen molar-refractivity contribution < 1.29 is 17.9 Å². The molecule has 0 spiro atoms. The third kappa shape index (κ3) is 6.60. The van der Waals surface area contributed by atoms with Crippen LogP contribution >= 0.6 is 11.3 Å². The van der Waals surface area contributed by atoms with Crippen molar-refractivity contribution in [1.82, 2.24) is 5.32 Å². The lowest BCUT2D eigenvalue weighted by atomic mass is 9.85. The van der Waals surface area contributed by atoms with Crippen molar-refractivity contribution in [2.75, 3.05) is 18.9 Å². The van der Waals surface area contributed by atoms with E-state index >= 15 is 0 Å². The number of methoxy groups -OCH3 is 2. The summed E-state index contributed by atoms with van der Waals surface area (Å²) in [7, 11) is -0.554. The van der Waals surface area contributed by atoms with Gasteiger partial charge in [0.15, 0.2) is 0 Å². The van der Waals surface area contributed by atoms with Crippen LogP contribution in [0.15, 0.2) is 58.8 Å². The van der Waals surface area contributed by atoms with Crippen LogP contribution in [0.25, 0.3) is 10.4 Å². The number of benzene rings is 2. The second-order valence-corrected chi connectivity index (χ2v) is 12.5. The van der Waals surface area contributed by atoms with Gasteiger partial charge in [0, 0.05) is 23.0 Å². The lowest BCUT2D eigenvalue weighted by Gasteiger charge is -2.25. The molecule has 0 saturated heterocycles. The first-order valence-electron chi connectivity index (χ1n) is 12.6. The second kappa shape index (κ2) is 12.1. The van der Waals surface area contributed by atoms with Gasteiger partial charge >= 0.3 is 0 Å². The molecule has 1 saturated carbocycles. The summed E-state index contributed by atoms with van der Waals surface area (Å²) in [6, 6.07) is 16.9. The minimum Gasteiger partial charge on any atom is -0.497 e. The van der Waals surface area contributed by atoms with E-state index < -0.39 is 10.0 Å². The van der Waals surface area contributed by atoms with Crippen molar-refractivity contribution in [3.63, 3.8) is 0 Å². The molecule has 2 aromatic carbocycles. The van der Waals surface area contributed by atoms with Gasteiger partial charge in [0.1, 0.15) is 15.7 Å². The lowest BCUT2D eigenvalue weighted by molar-refractivity contribution is 0.305. The van der Waals surface area contributed by atoms with Crippen LogP contribution < -0.4 is 19.5 Å². The summed E-state index contributed by atoms with van der Waals surface area (Å²) in [5, 5.41) is 3.60. The van der Waals surface area contributed by atoms with Crippen LogP contribution in [0.3, 0.4) is 0 Å². The molecular formula is C28H36N2O4S2. The predicted octanol–water partition coefficient (Wildman–Crippen LogP) is 6.68. The van der Waals surface area contributed by atoms with E-state index in [0.29, 0.717) is 29.8 Å². The highest BCUT2D eigenvalue weighted by Gasteiger charge is 2.21. The van der Waals surface area contributed by atoms with Crippen LogP contribution in [-0.2, 0) is 16.6 Å². The zero-order valence-corrected chi connectivity index (χ0v) is 22.9. The minimum atomic E-state index is -3.75. The summed E-state index contributed by atoms with van der Waals surface area (Å²) >= 11 is 1.20. The van der Waals surface area contributed by atoms with E-state index in [4.69, 9.17) is 9.47 Å². The fourth-order valence-corrected chi connectivity index (χ4v) is 7.30. The molecule has 1 heterocycles. The van der Waals surface area contributed by atoms with Gasteiger partial charge in [-0.25, -0.2) is 8.42 Å². The first-order chi connectivity index (χ1) is 17.4. The third-order valence-electron chi connectivity index (χ3n) is 6.83. The van der Waals surface area contributed by atoms with E-state index in [1.807, 2.05) is 42.5 Å². The van der Waals surface area contributed by atoms with Crippen molar-refractivity contribution in [3.8, 4) is 21.9 Å². The third-order valence-corrected chi connectivity index (χ3v) is 9.81. The zero-order chi connectivity index (χ0) is 25.5. The van der Waals surface area contributed by atoms with Crippen molar-refractivity contribution in [3.05, 3.63) is 60.2 Å². The van der Waals surface area contributed by atoms with Gasteiger partial charge in [0.25, 0.3) is 10.0 Å². The highest BCUT2D eigenvalue weighted by atomic mass is 32.2. The fourth-order valence-electron chi connectivity index (χ4n) is 4.88. The molecular weight excluding hydrogens is 492 g/mol. The number of nitrogens with one attached hydrogen (secondary N) is 2. The number of thiophene rings is 1. The Bertz CT molecular complexity index is 1250. The zero-order valence-electron chi connectivity index (χ0n) is 21.3. The number of anilines is 1. The van der Waals surface area contributed by atoms with Gasteiger partial charge < -0.3 is 14.8 Å². The minimum absolute atomic E-state index is 0.246. The maximum atomic E-state index is 13.3. The van der Waals surface area contributed by atoms with E-state index in [1.165, 1.54) is 49.9 Å². The molecule has 36 heavy (non-hydrogen) atoms. The molecule has 8 heteroatoms. The largest absolute Gasteiger partial charge is 0.497 e. The average Bonchev–Trinajstić information content (AvgIpc) is 3.40. The Balaban J connectivity index is 1.46. The van der Waals surface area contributed by atoms with Gasteiger partial charge in [-0.2, -0.15) is 0 Å². The Morgan fingerprint density at radius 1 is 1.00 bits per heavy atom. The van der Waals surface area contributed by atoms with E-state index in [0.717, 1.165) is 21.9 Å². The van der Waals surface area contributed by atoms with Gasteiger partial charge in [-0.3, -0.25) is 4.72 Å². The Hall–Kier alpha value is -2.55. The fraction of sp³-hybridized carbons (Fsp3) is 0.429. The highest BCUT2D eigenvalue weighted by molar-refractivity contribution is 7.94. The molecule has 1 aliphatic carbocycles. The molecule has 1 atom stereocenters. The molecule has 1 aliphatic rings. The van der Waals surface area contributed by atoms with Crippen molar-refractivity contribution >= 4 is 27.0 Å². The van der Waals surface area contributed by atoms with Crippen LogP contribution in [0.4, 0.5) is 5.69 Å². The number of para-hydroxylation sites is 1. The van der Waals surface area contributed by atoms with Crippen LogP contribution in [0, 0.1) is 5.92 Å². The van der Waals surface area contributed by atoms with Crippen molar-refractivity contribution in [2.24, 2.45) is 5.92 Å². The van der Waals surface area contributed by atoms with E-state index in [-0.39, 0.29) is 4.21 Å². The molecule has 0 unspecified atom stereocenters. The van der Waals surface area contributed by atoms with E-state index in [2.05, 4.69) is 17.0 Å². The number of rotatable bonds is 11. The first-order valence-corrected chi connectivity index (χ1v) is 14.9. The maximum absolute atomic E-state index is 13.3. The van der Waals surface area contributed by atoms with Gasteiger partial charge in [-0.15, -0.1) is 11.3 Å². The molecule has 4 rings (SSSR count). The molecule has 1 aromatic heterocycles. The average molecular weight is 529 g/mol. The number of hydrogen-bond donors (Lipinski definition) is 2. The topological polar surface area (TPSA) is 76.7 Å². The smallest absolute Gasteiger partial charge is 0.271 e. The summed E-state index contributed by atoms with van der Waals surface area (Å²) < 4.78 is 40.5. The van der Waals surface area contributed by atoms with Crippen LogP contribution in [0.1, 0.15) is 51.0 Å². The molecule has 1 fully saturated rings. The summed E-state index contributed by atoms with van der Waals surface area (Å²) in [5.74, 6) is 2.14. The Morgan fingerprint density at radius 3 is 2.53 bits per heavy atom. The lowest BCUT2D eigenvalue weighted by Crippen LogP contribution is -2.29.